The van der Waals surface area contributed by atoms with E-state index in [2.05, 4.69) is 31.0 Å². The number of aryl methyl sites for hydroxylation is 2. The van der Waals surface area contributed by atoms with E-state index in [9.17, 15) is 9.59 Å². The summed E-state index contributed by atoms with van der Waals surface area (Å²) in [6.07, 6.45) is 1.72. The molecule has 160 valence electrons. The second kappa shape index (κ2) is 7.45. The summed E-state index contributed by atoms with van der Waals surface area (Å²) in [5, 5.41) is 0.485. The number of hydrogen-bond acceptors (Lipinski definition) is 4. The van der Waals surface area contributed by atoms with Crippen LogP contribution in [-0.4, -0.2) is 10.9 Å². The molecule has 5 nitrogen and oxygen atoms in total. The van der Waals surface area contributed by atoms with E-state index in [1.807, 2.05) is 50.2 Å². The molecule has 5 heteroatoms. The summed E-state index contributed by atoms with van der Waals surface area (Å²) in [6.45, 7) is 8.14. The van der Waals surface area contributed by atoms with Crippen molar-refractivity contribution in [2.24, 2.45) is 0 Å². The van der Waals surface area contributed by atoms with Crippen LogP contribution >= 0.6 is 0 Å². The molecule has 5 rings (SSSR count). The molecule has 1 amide bonds. The molecule has 2 aromatic carbocycles. The maximum Gasteiger partial charge on any atom is 0.296 e. The Kier molecular flexibility index (Phi) is 4.70. The zero-order valence-electron chi connectivity index (χ0n) is 18.5. The van der Waals surface area contributed by atoms with Crippen molar-refractivity contribution in [2.45, 2.75) is 39.7 Å². The molecule has 0 saturated carbocycles. The van der Waals surface area contributed by atoms with Crippen LogP contribution in [-0.2, 0) is 0 Å². The minimum Gasteiger partial charge on any atom is -0.450 e. The van der Waals surface area contributed by atoms with Gasteiger partial charge in [0.2, 0.25) is 5.76 Å². The molecule has 1 aliphatic rings. The molecule has 0 fully saturated rings. The number of anilines is 1. The van der Waals surface area contributed by atoms with Crippen molar-refractivity contribution in [2.75, 3.05) is 4.90 Å². The summed E-state index contributed by atoms with van der Waals surface area (Å²) < 4.78 is 6.02. The minimum atomic E-state index is -0.602. The Morgan fingerprint density at radius 2 is 1.66 bits per heavy atom. The quantitative estimate of drug-likeness (QED) is 0.425. The Morgan fingerprint density at radius 3 is 2.31 bits per heavy atom. The first kappa shape index (κ1) is 20.2. The molecule has 1 unspecified atom stereocenters. The number of carbonyl (C=O) groups excluding carboxylic acids is 1. The standard InChI is InChI=1S/C27H24N2O3/c1-15(2)18-7-9-19(10-8-18)24-23-25(30)20-13-16(3)5-11-21(20)32-26(23)27(31)29(24)22-12-6-17(4)14-28-22/h5-15,24H,1-4H3. The van der Waals surface area contributed by atoms with E-state index < -0.39 is 6.04 Å². The van der Waals surface area contributed by atoms with Gasteiger partial charge in [0, 0.05) is 6.20 Å². The fourth-order valence-corrected chi connectivity index (χ4v) is 4.30. The molecule has 32 heavy (non-hydrogen) atoms. The first-order chi connectivity index (χ1) is 15.3. The molecule has 0 bridgehead atoms. The zero-order chi connectivity index (χ0) is 22.6. The van der Waals surface area contributed by atoms with Crippen LogP contribution in [0.1, 0.15) is 64.2 Å². The number of aromatic nitrogens is 1. The van der Waals surface area contributed by atoms with Gasteiger partial charge in [0.05, 0.1) is 17.0 Å². The lowest BCUT2D eigenvalue weighted by Crippen LogP contribution is -2.30. The Hall–Kier alpha value is -3.73. The van der Waals surface area contributed by atoms with Gasteiger partial charge in [0.25, 0.3) is 5.91 Å². The number of pyridine rings is 1. The van der Waals surface area contributed by atoms with Gasteiger partial charge < -0.3 is 4.42 Å². The highest BCUT2D eigenvalue weighted by molar-refractivity contribution is 6.10. The number of carbonyl (C=O) groups is 1. The lowest BCUT2D eigenvalue weighted by atomic mass is 9.95. The maximum absolute atomic E-state index is 13.6. The van der Waals surface area contributed by atoms with Crippen molar-refractivity contribution in [3.05, 3.63) is 105 Å². The highest BCUT2D eigenvalue weighted by Gasteiger charge is 2.44. The van der Waals surface area contributed by atoms with E-state index in [0.717, 1.165) is 16.7 Å². The highest BCUT2D eigenvalue weighted by atomic mass is 16.3. The van der Waals surface area contributed by atoms with Crippen molar-refractivity contribution in [1.82, 2.24) is 4.98 Å². The van der Waals surface area contributed by atoms with E-state index in [1.54, 1.807) is 17.2 Å². The van der Waals surface area contributed by atoms with Crippen LogP contribution in [0, 0.1) is 13.8 Å². The predicted octanol–water partition coefficient (Wildman–Crippen LogP) is 5.68. The molecule has 0 spiro atoms. The third kappa shape index (κ3) is 3.12. The number of nitrogens with zero attached hydrogens (tertiary/aromatic N) is 2. The van der Waals surface area contributed by atoms with E-state index in [0.29, 0.717) is 28.3 Å². The van der Waals surface area contributed by atoms with E-state index in [-0.39, 0.29) is 17.1 Å². The fraction of sp³-hybridized carbons (Fsp3) is 0.222. The average Bonchev–Trinajstić information content (AvgIpc) is 3.07. The van der Waals surface area contributed by atoms with Gasteiger partial charge in [-0.05, 0) is 54.7 Å². The summed E-state index contributed by atoms with van der Waals surface area (Å²) in [5.74, 6) is 0.610. The number of amides is 1. The lowest BCUT2D eigenvalue weighted by molar-refractivity contribution is 0.0970. The van der Waals surface area contributed by atoms with Gasteiger partial charge in [-0.15, -0.1) is 0 Å². The number of rotatable bonds is 3. The summed E-state index contributed by atoms with van der Waals surface area (Å²) in [4.78, 5) is 33.3. The van der Waals surface area contributed by atoms with Gasteiger partial charge >= 0.3 is 0 Å². The average molecular weight is 425 g/mol. The van der Waals surface area contributed by atoms with Gasteiger partial charge in [-0.2, -0.15) is 0 Å². The molecule has 1 aliphatic heterocycles. The van der Waals surface area contributed by atoms with Gasteiger partial charge in [-0.3, -0.25) is 14.5 Å². The summed E-state index contributed by atoms with van der Waals surface area (Å²) in [5.41, 5.74) is 4.61. The zero-order valence-corrected chi connectivity index (χ0v) is 18.5. The third-order valence-corrected chi connectivity index (χ3v) is 6.09. The molecule has 0 N–H and O–H groups in total. The summed E-state index contributed by atoms with van der Waals surface area (Å²) >= 11 is 0. The third-order valence-electron chi connectivity index (χ3n) is 6.09. The predicted molar refractivity (Wildman–Crippen MR) is 125 cm³/mol. The van der Waals surface area contributed by atoms with Crippen molar-refractivity contribution < 1.29 is 9.21 Å². The Bertz CT molecular complexity index is 1400. The molecule has 0 saturated heterocycles. The van der Waals surface area contributed by atoms with Crippen molar-refractivity contribution in [1.29, 1.82) is 0 Å². The van der Waals surface area contributed by atoms with Crippen LogP contribution in [0.2, 0.25) is 0 Å². The molecule has 4 aromatic rings. The van der Waals surface area contributed by atoms with Crippen LogP contribution in [0.5, 0.6) is 0 Å². The van der Waals surface area contributed by atoms with Crippen LogP contribution in [0.15, 0.2) is 70.0 Å². The minimum absolute atomic E-state index is 0.0895. The smallest absolute Gasteiger partial charge is 0.296 e. The molecule has 0 aliphatic carbocycles. The van der Waals surface area contributed by atoms with Gasteiger partial charge in [0.15, 0.2) is 5.43 Å². The SMILES string of the molecule is Cc1ccc(N2C(=O)c3oc4ccc(C)cc4c(=O)c3C2c2ccc(C(C)C)cc2)nc1. The molecular formula is C27H24N2O3. The second-order valence-corrected chi connectivity index (χ2v) is 8.77. The normalized spacial score (nSPS) is 15.6. The Morgan fingerprint density at radius 1 is 0.938 bits per heavy atom. The van der Waals surface area contributed by atoms with E-state index in [4.69, 9.17) is 4.42 Å². The summed E-state index contributed by atoms with van der Waals surface area (Å²) in [6, 6.07) is 16.6. The lowest BCUT2D eigenvalue weighted by Gasteiger charge is -2.24. The summed E-state index contributed by atoms with van der Waals surface area (Å²) in [7, 11) is 0. The molecular weight excluding hydrogens is 400 g/mol. The maximum atomic E-state index is 13.6. The first-order valence-electron chi connectivity index (χ1n) is 10.8. The Labute approximate surface area is 186 Å². The number of hydrogen-bond donors (Lipinski definition) is 0. The van der Waals surface area contributed by atoms with Gasteiger partial charge in [0.1, 0.15) is 11.4 Å². The van der Waals surface area contributed by atoms with Crippen molar-refractivity contribution >= 4 is 22.7 Å². The molecule has 1 atom stereocenters. The Balaban J connectivity index is 1.78. The van der Waals surface area contributed by atoms with Gasteiger partial charge in [-0.25, -0.2) is 4.98 Å². The molecule has 2 aromatic heterocycles. The molecule has 0 radical (unpaired) electrons. The van der Waals surface area contributed by atoms with E-state index >= 15 is 0 Å². The van der Waals surface area contributed by atoms with E-state index in [1.165, 1.54) is 5.56 Å². The van der Waals surface area contributed by atoms with Crippen LogP contribution < -0.4 is 10.3 Å². The highest BCUT2D eigenvalue weighted by Crippen LogP contribution is 2.40. The van der Waals surface area contributed by atoms with Crippen LogP contribution in [0.3, 0.4) is 0 Å². The monoisotopic (exact) mass is 424 g/mol. The molecule has 3 heterocycles. The topological polar surface area (TPSA) is 63.4 Å². The number of fused-ring (bicyclic) bond motifs is 2. The second-order valence-electron chi connectivity index (χ2n) is 8.77. The van der Waals surface area contributed by atoms with Crippen LogP contribution in [0.4, 0.5) is 5.82 Å². The van der Waals surface area contributed by atoms with Crippen molar-refractivity contribution in [3.63, 3.8) is 0 Å². The van der Waals surface area contributed by atoms with Gasteiger partial charge in [-0.1, -0.05) is 55.8 Å². The van der Waals surface area contributed by atoms with Crippen LogP contribution in [0.25, 0.3) is 11.0 Å². The van der Waals surface area contributed by atoms with Crippen molar-refractivity contribution in [3.8, 4) is 0 Å². The number of benzene rings is 2. The first-order valence-corrected chi connectivity index (χ1v) is 10.8. The largest absolute Gasteiger partial charge is 0.450 e. The fourth-order valence-electron chi connectivity index (χ4n) is 4.30.